The predicted molar refractivity (Wildman–Crippen MR) is 88.1 cm³/mol. The highest BCUT2D eigenvalue weighted by Gasteiger charge is 2.25. The van der Waals surface area contributed by atoms with E-state index in [0.717, 1.165) is 16.7 Å². The van der Waals surface area contributed by atoms with Gasteiger partial charge >= 0.3 is 0 Å². The predicted octanol–water partition coefficient (Wildman–Crippen LogP) is 3.07. The molecule has 3 rings (SSSR count). The summed E-state index contributed by atoms with van der Waals surface area (Å²) in [6.07, 6.45) is -0.379. The van der Waals surface area contributed by atoms with Crippen molar-refractivity contribution in [1.29, 1.82) is 0 Å². The van der Waals surface area contributed by atoms with E-state index >= 15 is 0 Å². The molecule has 1 aromatic heterocycles. The Labute approximate surface area is 139 Å². The molecule has 0 aliphatic carbocycles. The highest BCUT2D eigenvalue weighted by Crippen LogP contribution is 2.20. The molecule has 1 aliphatic heterocycles. The van der Waals surface area contributed by atoms with E-state index in [2.05, 4.69) is 5.32 Å². The van der Waals surface area contributed by atoms with Gasteiger partial charge in [-0.1, -0.05) is 18.2 Å². The van der Waals surface area contributed by atoms with Crippen LogP contribution in [0.5, 0.6) is 0 Å². The van der Waals surface area contributed by atoms with E-state index in [9.17, 15) is 13.6 Å². The highest BCUT2D eigenvalue weighted by atomic mass is 19.3. The van der Waals surface area contributed by atoms with E-state index in [-0.39, 0.29) is 18.4 Å². The third kappa shape index (κ3) is 4.32. The van der Waals surface area contributed by atoms with Gasteiger partial charge in [0.15, 0.2) is 0 Å². The minimum absolute atomic E-state index is 0.0165. The Kier molecular flexibility index (Phi) is 5.45. The van der Waals surface area contributed by atoms with Crippen LogP contribution in [-0.2, 0) is 11.2 Å². The maximum absolute atomic E-state index is 12.3. The van der Waals surface area contributed by atoms with Crippen molar-refractivity contribution >= 4 is 16.9 Å². The zero-order chi connectivity index (χ0) is 16.9. The number of halogens is 2. The quantitative estimate of drug-likeness (QED) is 0.882. The Morgan fingerprint density at radius 1 is 1.29 bits per heavy atom. The van der Waals surface area contributed by atoms with E-state index < -0.39 is 6.43 Å². The van der Waals surface area contributed by atoms with E-state index in [1.807, 2.05) is 30.3 Å². The second-order valence-electron chi connectivity index (χ2n) is 6.26. The number of para-hydroxylation sites is 1. The minimum Gasteiger partial charge on any atom is -0.461 e. The first-order valence-electron chi connectivity index (χ1n) is 8.37. The van der Waals surface area contributed by atoms with Crippen molar-refractivity contribution in [3.63, 3.8) is 0 Å². The summed E-state index contributed by atoms with van der Waals surface area (Å²) in [4.78, 5) is 13.9. The molecule has 1 amide bonds. The average molecular weight is 336 g/mol. The summed E-state index contributed by atoms with van der Waals surface area (Å²) in [6.45, 7) is 1.45. The van der Waals surface area contributed by atoms with Crippen LogP contribution in [0.15, 0.2) is 34.7 Å². The fraction of sp³-hybridized carbons (Fsp3) is 0.500. The van der Waals surface area contributed by atoms with Crippen molar-refractivity contribution in [2.24, 2.45) is 5.92 Å². The second kappa shape index (κ2) is 7.75. The summed E-state index contributed by atoms with van der Waals surface area (Å²) >= 11 is 0. The molecule has 0 unspecified atom stereocenters. The number of nitrogens with zero attached hydrogens (tertiary/aromatic N) is 1. The molecule has 4 nitrogen and oxygen atoms in total. The van der Waals surface area contributed by atoms with E-state index in [1.54, 1.807) is 4.90 Å². The number of carbonyl (C=O) groups is 1. The summed E-state index contributed by atoms with van der Waals surface area (Å²) in [5.74, 6) is 0.792. The van der Waals surface area contributed by atoms with Crippen molar-refractivity contribution in [3.8, 4) is 0 Å². The molecule has 1 saturated heterocycles. The summed E-state index contributed by atoms with van der Waals surface area (Å²) in [6, 6.07) is 9.80. The molecule has 2 heterocycles. The molecule has 0 radical (unpaired) electrons. The molecule has 0 bridgehead atoms. The van der Waals surface area contributed by atoms with Crippen LogP contribution in [0.2, 0.25) is 0 Å². The van der Waals surface area contributed by atoms with Crippen LogP contribution in [0, 0.1) is 5.92 Å². The number of nitrogens with one attached hydrogen (secondary N) is 1. The molecule has 130 valence electrons. The van der Waals surface area contributed by atoms with Crippen LogP contribution >= 0.6 is 0 Å². The van der Waals surface area contributed by atoms with Gasteiger partial charge < -0.3 is 9.73 Å². The topological polar surface area (TPSA) is 45.5 Å². The van der Waals surface area contributed by atoms with Gasteiger partial charge in [0.2, 0.25) is 5.91 Å². The standard InChI is InChI=1S/C18H22F2N2O2/c19-17(20)12-22-9-6-13(7-10-22)18(23)21-8-5-15-11-14-3-1-2-4-16(14)24-15/h1-4,11,13,17H,5-10,12H2,(H,21,23). The number of rotatable bonds is 6. The van der Waals surface area contributed by atoms with Crippen LogP contribution in [0.3, 0.4) is 0 Å². The molecular formula is C18H22F2N2O2. The molecule has 2 aromatic rings. The fourth-order valence-corrected chi connectivity index (χ4v) is 3.19. The Bertz CT molecular complexity index is 645. The summed E-state index contributed by atoms with van der Waals surface area (Å²) < 4.78 is 30.4. The molecule has 1 aromatic carbocycles. The number of piperidine rings is 1. The first-order valence-corrected chi connectivity index (χ1v) is 8.37. The summed E-state index contributed by atoms with van der Waals surface area (Å²) in [5.41, 5.74) is 0.852. The van der Waals surface area contributed by atoms with E-state index in [0.29, 0.717) is 38.9 Å². The number of hydrogen-bond donors (Lipinski definition) is 1. The van der Waals surface area contributed by atoms with Gasteiger partial charge in [0.1, 0.15) is 11.3 Å². The maximum atomic E-state index is 12.3. The van der Waals surface area contributed by atoms with Crippen LogP contribution in [0.4, 0.5) is 8.78 Å². The Hall–Kier alpha value is -1.95. The van der Waals surface area contributed by atoms with Crippen molar-refractivity contribution < 1.29 is 18.0 Å². The van der Waals surface area contributed by atoms with Gasteiger partial charge in [-0.15, -0.1) is 0 Å². The van der Waals surface area contributed by atoms with Gasteiger partial charge in [-0.25, -0.2) is 8.78 Å². The second-order valence-corrected chi connectivity index (χ2v) is 6.26. The van der Waals surface area contributed by atoms with E-state index in [4.69, 9.17) is 4.42 Å². The first kappa shape index (κ1) is 16.9. The highest BCUT2D eigenvalue weighted by molar-refractivity contribution is 5.79. The largest absolute Gasteiger partial charge is 0.461 e. The Morgan fingerprint density at radius 3 is 2.75 bits per heavy atom. The zero-order valence-corrected chi connectivity index (χ0v) is 13.5. The molecule has 1 N–H and O–H groups in total. The SMILES string of the molecule is O=C(NCCc1cc2ccccc2o1)C1CCN(CC(F)F)CC1. The fourth-order valence-electron chi connectivity index (χ4n) is 3.19. The van der Waals surface area contributed by atoms with Crippen molar-refractivity contribution in [1.82, 2.24) is 10.2 Å². The lowest BCUT2D eigenvalue weighted by Crippen LogP contribution is -2.42. The monoisotopic (exact) mass is 336 g/mol. The summed E-state index contributed by atoms with van der Waals surface area (Å²) in [5, 5.41) is 4.00. The van der Waals surface area contributed by atoms with Crippen LogP contribution in [-0.4, -0.2) is 43.4 Å². The minimum atomic E-state index is -2.31. The summed E-state index contributed by atoms with van der Waals surface area (Å²) in [7, 11) is 0. The normalized spacial score (nSPS) is 16.8. The van der Waals surface area contributed by atoms with Crippen LogP contribution in [0.25, 0.3) is 11.0 Å². The van der Waals surface area contributed by atoms with Gasteiger partial charge in [0, 0.05) is 24.3 Å². The lowest BCUT2D eigenvalue weighted by molar-refractivity contribution is -0.126. The first-order chi connectivity index (χ1) is 11.6. The van der Waals surface area contributed by atoms with Gasteiger partial charge in [-0.2, -0.15) is 0 Å². The van der Waals surface area contributed by atoms with Crippen LogP contribution in [0.1, 0.15) is 18.6 Å². The van der Waals surface area contributed by atoms with Crippen molar-refractivity contribution in [3.05, 3.63) is 36.1 Å². The van der Waals surface area contributed by atoms with Gasteiger partial charge in [-0.05, 0) is 38.1 Å². The van der Waals surface area contributed by atoms with E-state index in [1.165, 1.54) is 0 Å². The molecule has 1 fully saturated rings. The molecule has 6 heteroatoms. The third-order valence-corrected chi connectivity index (χ3v) is 4.50. The number of furan rings is 1. The molecule has 0 saturated carbocycles. The number of alkyl halides is 2. The van der Waals surface area contributed by atoms with Gasteiger partial charge in [0.25, 0.3) is 6.43 Å². The molecule has 0 spiro atoms. The molecule has 0 atom stereocenters. The number of benzene rings is 1. The lowest BCUT2D eigenvalue weighted by atomic mass is 9.96. The van der Waals surface area contributed by atoms with Gasteiger partial charge in [0.05, 0.1) is 6.54 Å². The average Bonchev–Trinajstić information content (AvgIpc) is 2.97. The Morgan fingerprint density at radius 2 is 2.04 bits per heavy atom. The number of amides is 1. The Balaban J connectivity index is 1.41. The molecule has 1 aliphatic rings. The van der Waals surface area contributed by atoms with Crippen LogP contribution < -0.4 is 5.32 Å². The number of carbonyl (C=O) groups excluding carboxylic acids is 1. The zero-order valence-electron chi connectivity index (χ0n) is 13.5. The lowest BCUT2D eigenvalue weighted by Gasteiger charge is -2.30. The molecular weight excluding hydrogens is 314 g/mol. The number of likely N-dealkylation sites (tertiary alicyclic amines) is 1. The maximum Gasteiger partial charge on any atom is 0.251 e. The van der Waals surface area contributed by atoms with Crippen molar-refractivity contribution in [2.75, 3.05) is 26.2 Å². The van der Waals surface area contributed by atoms with Crippen molar-refractivity contribution in [2.45, 2.75) is 25.7 Å². The third-order valence-electron chi connectivity index (χ3n) is 4.50. The number of hydrogen-bond acceptors (Lipinski definition) is 3. The van der Waals surface area contributed by atoms with Gasteiger partial charge in [-0.3, -0.25) is 9.69 Å². The number of fused-ring (bicyclic) bond motifs is 1. The smallest absolute Gasteiger partial charge is 0.251 e. The molecule has 24 heavy (non-hydrogen) atoms.